The van der Waals surface area contributed by atoms with Crippen molar-refractivity contribution in [1.82, 2.24) is 9.47 Å². The fraction of sp³-hybridized carbons (Fsp3) is 0.211. The van der Waals surface area contributed by atoms with Crippen LogP contribution in [0.4, 0.5) is 4.39 Å². The average molecular weight is 342 g/mol. The van der Waals surface area contributed by atoms with Gasteiger partial charge in [-0.3, -0.25) is 4.79 Å². The van der Waals surface area contributed by atoms with Crippen molar-refractivity contribution in [1.29, 1.82) is 0 Å². The van der Waals surface area contributed by atoms with Gasteiger partial charge in [-0.1, -0.05) is 18.2 Å². The van der Waals surface area contributed by atoms with Gasteiger partial charge in [0.2, 0.25) is 5.91 Å². The number of nitrogens with zero attached hydrogens (tertiary/aromatic N) is 2. The summed E-state index contributed by atoms with van der Waals surface area (Å²) in [6.07, 6.45) is 2.25. The monoisotopic (exact) mass is 342 g/mol. The molecular weight excluding hydrogens is 323 g/mol. The molecule has 0 unspecified atom stereocenters. The molecule has 5 heteroatoms. The van der Waals surface area contributed by atoms with E-state index in [2.05, 4.69) is 0 Å². The van der Waals surface area contributed by atoms with Crippen LogP contribution >= 0.6 is 11.3 Å². The summed E-state index contributed by atoms with van der Waals surface area (Å²) in [5.41, 5.74) is 1.91. The van der Waals surface area contributed by atoms with E-state index in [-0.39, 0.29) is 18.1 Å². The van der Waals surface area contributed by atoms with E-state index in [1.807, 2.05) is 52.4 Å². The lowest BCUT2D eigenvalue weighted by Gasteiger charge is -2.23. The minimum Gasteiger partial charge on any atom is -0.353 e. The zero-order chi connectivity index (χ0) is 16.9. The van der Waals surface area contributed by atoms with Crippen LogP contribution in [0.2, 0.25) is 0 Å². The van der Waals surface area contributed by atoms with Crippen LogP contribution < -0.4 is 0 Å². The third-order valence-corrected chi connectivity index (χ3v) is 4.81. The number of halogens is 1. The maximum absolute atomic E-state index is 13.0. The molecule has 0 spiro atoms. The van der Waals surface area contributed by atoms with Gasteiger partial charge in [-0.2, -0.15) is 0 Å². The maximum atomic E-state index is 13.0. The molecule has 124 valence electrons. The van der Waals surface area contributed by atoms with Gasteiger partial charge >= 0.3 is 0 Å². The topological polar surface area (TPSA) is 25.2 Å². The van der Waals surface area contributed by atoms with E-state index >= 15 is 0 Å². The molecule has 0 aliphatic heterocycles. The molecule has 0 atom stereocenters. The lowest BCUT2D eigenvalue weighted by Crippen LogP contribution is -2.31. The Bertz CT molecular complexity index is 793. The highest BCUT2D eigenvalue weighted by Gasteiger charge is 2.17. The number of thiophene rings is 1. The predicted molar refractivity (Wildman–Crippen MR) is 94.1 cm³/mol. The molecule has 0 aliphatic rings. The largest absolute Gasteiger partial charge is 0.353 e. The summed E-state index contributed by atoms with van der Waals surface area (Å²) in [6, 6.07) is 14.1. The molecule has 2 aromatic heterocycles. The first-order valence-electron chi connectivity index (χ1n) is 7.76. The van der Waals surface area contributed by atoms with E-state index in [0.717, 1.165) is 16.1 Å². The number of aromatic nitrogens is 1. The molecule has 3 rings (SSSR count). The molecule has 0 aliphatic carbocycles. The second-order valence-electron chi connectivity index (χ2n) is 5.74. The third kappa shape index (κ3) is 4.11. The molecule has 0 radical (unpaired) electrons. The number of carbonyl (C=O) groups is 1. The molecule has 1 aromatic carbocycles. The SMILES string of the molecule is Cn1cccc1CN(Cc1cccs1)C(=O)Cc1ccc(F)cc1. The Labute approximate surface area is 145 Å². The summed E-state index contributed by atoms with van der Waals surface area (Å²) in [6.45, 7) is 1.14. The normalized spacial score (nSPS) is 10.8. The number of carbonyl (C=O) groups excluding carboxylic acids is 1. The summed E-state index contributed by atoms with van der Waals surface area (Å²) in [5.74, 6) is -0.248. The summed E-state index contributed by atoms with van der Waals surface area (Å²) in [7, 11) is 1.98. The van der Waals surface area contributed by atoms with Crippen LogP contribution in [0.15, 0.2) is 60.1 Å². The minimum absolute atomic E-state index is 0.0382. The van der Waals surface area contributed by atoms with Gasteiger partial charge in [0.1, 0.15) is 5.82 Å². The van der Waals surface area contributed by atoms with Crippen molar-refractivity contribution >= 4 is 17.2 Å². The van der Waals surface area contributed by atoms with Gasteiger partial charge in [-0.25, -0.2) is 4.39 Å². The molecule has 0 fully saturated rings. The minimum atomic E-state index is -0.287. The quantitative estimate of drug-likeness (QED) is 0.665. The van der Waals surface area contributed by atoms with Crippen LogP contribution in [-0.4, -0.2) is 15.4 Å². The Balaban J connectivity index is 1.76. The summed E-state index contributed by atoms with van der Waals surface area (Å²) in [5, 5.41) is 2.01. The maximum Gasteiger partial charge on any atom is 0.227 e. The van der Waals surface area contributed by atoms with Crippen LogP contribution in [-0.2, 0) is 31.4 Å². The molecular formula is C19H19FN2OS. The molecule has 0 saturated carbocycles. The van der Waals surface area contributed by atoms with E-state index < -0.39 is 0 Å². The highest BCUT2D eigenvalue weighted by molar-refractivity contribution is 7.09. The van der Waals surface area contributed by atoms with Crippen molar-refractivity contribution in [3.8, 4) is 0 Å². The Hall–Kier alpha value is -2.40. The highest BCUT2D eigenvalue weighted by Crippen LogP contribution is 2.16. The molecule has 0 N–H and O–H groups in total. The van der Waals surface area contributed by atoms with E-state index in [4.69, 9.17) is 0 Å². The van der Waals surface area contributed by atoms with Gasteiger partial charge in [-0.15, -0.1) is 11.3 Å². The predicted octanol–water partition coefficient (Wildman–Crippen LogP) is 4.00. The van der Waals surface area contributed by atoms with E-state index in [1.54, 1.807) is 23.5 Å². The average Bonchev–Trinajstić information content (AvgIpc) is 3.21. The van der Waals surface area contributed by atoms with Crippen LogP contribution in [0.25, 0.3) is 0 Å². The van der Waals surface area contributed by atoms with E-state index in [9.17, 15) is 9.18 Å². The molecule has 24 heavy (non-hydrogen) atoms. The molecule has 3 nitrogen and oxygen atoms in total. The second-order valence-corrected chi connectivity index (χ2v) is 6.78. The van der Waals surface area contributed by atoms with Gasteiger partial charge in [-0.05, 0) is 41.3 Å². The number of hydrogen-bond acceptors (Lipinski definition) is 2. The summed E-state index contributed by atoms with van der Waals surface area (Å²) >= 11 is 1.64. The van der Waals surface area contributed by atoms with Gasteiger partial charge in [0.25, 0.3) is 0 Å². The van der Waals surface area contributed by atoms with Crippen molar-refractivity contribution in [3.63, 3.8) is 0 Å². The van der Waals surface area contributed by atoms with Gasteiger partial charge < -0.3 is 9.47 Å². The Morgan fingerprint density at radius 3 is 2.54 bits per heavy atom. The van der Waals surface area contributed by atoms with Crippen LogP contribution in [0.1, 0.15) is 16.1 Å². The number of rotatable bonds is 6. The van der Waals surface area contributed by atoms with Crippen LogP contribution in [0, 0.1) is 5.82 Å². The standard InChI is InChI=1S/C19H19FN2OS/c1-21-10-2-4-17(21)13-22(14-18-5-3-11-24-18)19(23)12-15-6-8-16(20)9-7-15/h2-11H,12-14H2,1H3. The van der Waals surface area contributed by atoms with Gasteiger partial charge in [0.05, 0.1) is 19.5 Å². The first-order chi connectivity index (χ1) is 11.6. The summed E-state index contributed by atoms with van der Waals surface area (Å²) in [4.78, 5) is 15.8. The summed E-state index contributed by atoms with van der Waals surface area (Å²) < 4.78 is 15.1. The van der Waals surface area contributed by atoms with Crippen molar-refractivity contribution < 1.29 is 9.18 Å². The van der Waals surface area contributed by atoms with Crippen molar-refractivity contribution in [3.05, 3.63) is 82.1 Å². The number of hydrogen-bond donors (Lipinski definition) is 0. The first kappa shape index (κ1) is 16.5. The van der Waals surface area contributed by atoms with Crippen molar-refractivity contribution in [2.75, 3.05) is 0 Å². The zero-order valence-electron chi connectivity index (χ0n) is 13.5. The fourth-order valence-corrected chi connectivity index (χ4v) is 3.29. The van der Waals surface area contributed by atoms with Crippen LogP contribution in [0.3, 0.4) is 0 Å². The first-order valence-corrected chi connectivity index (χ1v) is 8.64. The smallest absolute Gasteiger partial charge is 0.227 e. The molecule has 2 heterocycles. The third-order valence-electron chi connectivity index (χ3n) is 3.95. The van der Waals surface area contributed by atoms with Gasteiger partial charge in [0.15, 0.2) is 0 Å². The second kappa shape index (κ2) is 7.45. The molecule has 0 saturated heterocycles. The molecule has 1 amide bonds. The Morgan fingerprint density at radius 2 is 1.92 bits per heavy atom. The van der Waals surface area contributed by atoms with Crippen LogP contribution in [0.5, 0.6) is 0 Å². The van der Waals surface area contributed by atoms with Crippen molar-refractivity contribution in [2.45, 2.75) is 19.5 Å². The lowest BCUT2D eigenvalue weighted by atomic mass is 10.1. The van der Waals surface area contributed by atoms with E-state index in [0.29, 0.717) is 13.1 Å². The Morgan fingerprint density at radius 1 is 1.12 bits per heavy atom. The van der Waals surface area contributed by atoms with E-state index in [1.165, 1.54) is 12.1 Å². The number of aryl methyl sites for hydroxylation is 1. The highest BCUT2D eigenvalue weighted by atomic mass is 32.1. The molecule has 0 bridgehead atoms. The lowest BCUT2D eigenvalue weighted by molar-refractivity contribution is -0.131. The number of benzene rings is 1. The fourth-order valence-electron chi connectivity index (χ4n) is 2.57. The zero-order valence-corrected chi connectivity index (χ0v) is 14.3. The number of amides is 1. The van der Waals surface area contributed by atoms with Crippen molar-refractivity contribution in [2.24, 2.45) is 7.05 Å². The Kier molecular flexibility index (Phi) is 5.11. The van der Waals surface area contributed by atoms with Gasteiger partial charge in [0, 0.05) is 23.8 Å². The molecule has 3 aromatic rings.